The smallest absolute Gasteiger partial charge is 0.333 e. The lowest BCUT2D eigenvalue weighted by molar-refractivity contribution is -0.133. The van der Waals surface area contributed by atoms with E-state index < -0.39 is 15.8 Å². The number of rotatable bonds is 5. The minimum atomic E-state index is -3.07. The summed E-state index contributed by atoms with van der Waals surface area (Å²) in [6.45, 7) is 1.82. The minimum absolute atomic E-state index is 0.0108. The van der Waals surface area contributed by atoms with E-state index >= 15 is 0 Å². The number of hydrogen-bond acceptors (Lipinski definition) is 5. The Kier molecular flexibility index (Phi) is 8.49. The lowest BCUT2D eigenvalue weighted by Crippen LogP contribution is -2.50. The molecule has 1 aliphatic carbocycles. The highest BCUT2D eigenvalue weighted by Gasteiger charge is 2.33. The molecule has 34 heavy (non-hydrogen) atoms. The Morgan fingerprint density at radius 3 is 2.35 bits per heavy atom. The number of carboxylic acids is 1. The van der Waals surface area contributed by atoms with Gasteiger partial charge < -0.3 is 20.6 Å². The van der Waals surface area contributed by atoms with Crippen LogP contribution in [0.15, 0.2) is 29.5 Å². The number of amides is 1. The number of sulfone groups is 1. The Bertz CT molecular complexity index is 1130. The highest BCUT2D eigenvalue weighted by Crippen LogP contribution is 2.28. The van der Waals surface area contributed by atoms with E-state index in [-0.39, 0.29) is 51.9 Å². The molecule has 3 rings (SSSR count). The zero-order valence-electron chi connectivity index (χ0n) is 18.8. The van der Waals surface area contributed by atoms with E-state index in [9.17, 15) is 23.1 Å². The Balaban J connectivity index is 1.70. The van der Waals surface area contributed by atoms with Crippen molar-refractivity contribution in [1.82, 2.24) is 15.5 Å². The summed E-state index contributed by atoms with van der Waals surface area (Å²) in [6.07, 6.45) is 3.78. The van der Waals surface area contributed by atoms with E-state index in [0.717, 1.165) is 0 Å². The largest absolute Gasteiger partial charge is 0.478 e. The molecule has 1 saturated carbocycles. The van der Waals surface area contributed by atoms with Crippen molar-refractivity contribution >= 4 is 62.2 Å². The molecule has 1 heterocycles. The number of carboxylic acid groups (broad SMARTS) is 1. The first-order valence-corrected chi connectivity index (χ1v) is 14.0. The number of nitrogens with one attached hydrogen (secondary N) is 2. The van der Waals surface area contributed by atoms with Crippen molar-refractivity contribution in [2.75, 3.05) is 12.8 Å². The fourth-order valence-electron chi connectivity index (χ4n) is 4.34. The molecule has 3 N–H and O–H groups in total. The van der Waals surface area contributed by atoms with E-state index in [4.69, 9.17) is 35.4 Å². The van der Waals surface area contributed by atoms with Crippen molar-refractivity contribution in [3.05, 3.63) is 45.1 Å². The van der Waals surface area contributed by atoms with Gasteiger partial charge in [0.05, 0.1) is 27.4 Å². The van der Waals surface area contributed by atoms with Gasteiger partial charge in [-0.15, -0.1) is 0 Å². The van der Waals surface area contributed by atoms with Gasteiger partial charge >= 0.3 is 5.97 Å². The molecule has 0 spiro atoms. The van der Waals surface area contributed by atoms with Crippen LogP contribution >= 0.6 is 35.4 Å². The van der Waals surface area contributed by atoms with Crippen LogP contribution in [0.2, 0.25) is 10.0 Å². The van der Waals surface area contributed by atoms with Crippen molar-refractivity contribution in [2.24, 2.45) is 0 Å². The molecule has 2 aliphatic rings. The Labute approximate surface area is 214 Å². The zero-order valence-corrected chi connectivity index (χ0v) is 22.0. The maximum absolute atomic E-state index is 13.1. The first-order valence-electron chi connectivity index (χ1n) is 10.8. The van der Waals surface area contributed by atoms with E-state index in [0.29, 0.717) is 42.0 Å². The summed E-state index contributed by atoms with van der Waals surface area (Å²) in [6, 6.07) is 4.24. The van der Waals surface area contributed by atoms with Gasteiger partial charge in [-0.2, -0.15) is 0 Å². The number of carbonyl (C=O) groups is 2. The third-order valence-corrected chi connectivity index (χ3v) is 8.93. The van der Waals surface area contributed by atoms with Crippen molar-refractivity contribution in [3.63, 3.8) is 0 Å². The molecule has 1 atom stereocenters. The lowest BCUT2D eigenvalue weighted by atomic mass is 9.95. The van der Waals surface area contributed by atoms with Gasteiger partial charge in [0, 0.05) is 36.0 Å². The number of halogens is 2. The molecule has 12 heteroatoms. The van der Waals surface area contributed by atoms with Crippen molar-refractivity contribution < 1.29 is 23.1 Å². The monoisotopic (exact) mass is 547 g/mol. The third kappa shape index (κ3) is 6.41. The van der Waals surface area contributed by atoms with Gasteiger partial charge in [-0.3, -0.25) is 4.79 Å². The Morgan fingerprint density at radius 1 is 1.15 bits per heavy atom. The average molecular weight is 549 g/mol. The molecule has 1 amide bonds. The maximum atomic E-state index is 13.1. The highest BCUT2D eigenvalue weighted by atomic mass is 35.5. The summed E-state index contributed by atoms with van der Waals surface area (Å²) in [4.78, 5) is 26.6. The summed E-state index contributed by atoms with van der Waals surface area (Å²) in [5, 5.41) is 16.4. The minimum Gasteiger partial charge on any atom is -0.478 e. The van der Waals surface area contributed by atoms with Crippen molar-refractivity contribution in [1.29, 1.82) is 0 Å². The molecule has 8 nitrogen and oxygen atoms in total. The molecule has 1 aromatic carbocycles. The number of nitrogens with zero attached hydrogens (tertiary/aromatic N) is 1. The van der Waals surface area contributed by atoms with Crippen molar-refractivity contribution in [2.45, 2.75) is 56.4 Å². The summed E-state index contributed by atoms with van der Waals surface area (Å²) < 4.78 is 23.5. The fourth-order valence-corrected chi connectivity index (χ4v) is 6.06. The molecule has 0 bridgehead atoms. The van der Waals surface area contributed by atoms with Gasteiger partial charge in [0.15, 0.2) is 5.11 Å². The summed E-state index contributed by atoms with van der Waals surface area (Å²) in [5.41, 5.74) is 0.847. The molecular formula is C22H27Cl2N3O5S2. The number of hydrogen-bond donors (Lipinski definition) is 3. The molecule has 1 aromatic rings. The normalized spacial score (nSPS) is 23.4. The van der Waals surface area contributed by atoms with Gasteiger partial charge in [-0.1, -0.05) is 23.2 Å². The topological polar surface area (TPSA) is 116 Å². The standard InChI is InChI=1S/C22H27Cl2N3O5S2/c1-12-9-16(21(29)30)19(11-27(12)20(28)13-3-8-17(23)18(24)10-13)26-22(33)25-14-4-6-15(7-5-14)34(2,31)32/h3,8,10,12,14-15H,4-7,9,11H2,1-2H3,(H,29,30)(H2,25,26,33)/t12-,14?,15?/m1/s1. The SMILES string of the molecule is C[C@@H]1CC(C(=O)O)=C(NC(=S)NC2CCC(S(C)(=O)=O)CC2)CN1C(=O)c1ccc(Cl)c(Cl)c1. The van der Waals surface area contributed by atoms with Crippen LogP contribution in [-0.4, -0.2) is 65.5 Å². The second-order valence-corrected chi connectivity index (χ2v) is 12.3. The van der Waals surface area contributed by atoms with Crippen LogP contribution < -0.4 is 10.6 Å². The average Bonchev–Trinajstić information content (AvgIpc) is 2.75. The van der Waals surface area contributed by atoms with Crippen LogP contribution in [0.4, 0.5) is 0 Å². The van der Waals surface area contributed by atoms with E-state index in [1.54, 1.807) is 24.0 Å². The van der Waals surface area contributed by atoms with Crippen LogP contribution in [0.1, 0.15) is 49.4 Å². The van der Waals surface area contributed by atoms with E-state index in [2.05, 4.69) is 10.6 Å². The molecule has 0 aromatic heterocycles. The van der Waals surface area contributed by atoms with Crippen molar-refractivity contribution in [3.8, 4) is 0 Å². The van der Waals surface area contributed by atoms with Gasteiger partial charge in [0.2, 0.25) is 0 Å². The molecular weight excluding hydrogens is 521 g/mol. The molecule has 1 fully saturated rings. The first kappa shape index (κ1) is 26.7. The zero-order chi connectivity index (χ0) is 25.2. The molecule has 0 saturated heterocycles. The third-order valence-electron chi connectivity index (χ3n) is 6.29. The predicted octanol–water partition coefficient (Wildman–Crippen LogP) is 3.39. The first-order chi connectivity index (χ1) is 15.9. The van der Waals surface area contributed by atoms with Gasteiger partial charge in [-0.25, -0.2) is 13.2 Å². The number of benzene rings is 1. The van der Waals surface area contributed by atoms with Crippen LogP contribution in [0.25, 0.3) is 0 Å². The van der Waals surface area contributed by atoms with Gasteiger partial charge in [-0.05, 0) is 63.0 Å². The Hall–Kier alpha value is -1.88. The molecule has 0 unspecified atom stereocenters. The fraction of sp³-hybridized carbons (Fsp3) is 0.500. The quantitative estimate of drug-likeness (QED) is 0.480. The number of aliphatic carboxylic acids is 1. The van der Waals surface area contributed by atoms with E-state index in [1.807, 2.05) is 0 Å². The highest BCUT2D eigenvalue weighted by molar-refractivity contribution is 7.91. The van der Waals surface area contributed by atoms with Crippen LogP contribution in [-0.2, 0) is 14.6 Å². The van der Waals surface area contributed by atoms with E-state index in [1.165, 1.54) is 12.3 Å². The second kappa shape index (κ2) is 10.8. The molecule has 0 radical (unpaired) electrons. The summed E-state index contributed by atoms with van der Waals surface area (Å²) >= 11 is 17.4. The van der Waals surface area contributed by atoms with Gasteiger partial charge in [0.25, 0.3) is 5.91 Å². The number of thiocarbonyl (C=S) groups is 1. The summed E-state index contributed by atoms with van der Waals surface area (Å²) in [7, 11) is -3.07. The van der Waals surface area contributed by atoms with Crippen LogP contribution in [0.3, 0.4) is 0 Å². The van der Waals surface area contributed by atoms with Gasteiger partial charge in [0.1, 0.15) is 9.84 Å². The van der Waals surface area contributed by atoms with Crippen LogP contribution in [0, 0.1) is 0 Å². The molecule has 1 aliphatic heterocycles. The Morgan fingerprint density at radius 2 is 1.79 bits per heavy atom. The lowest BCUT2D eigenvalue weighted by Gasteiger charge is -2.36. The maximum Gasteiger partial charge on any atom is 0.333 e. The predicted molar refractivity (Wildman–Crippen MR) is 136 cm³/mol. The molecule has 186 valence electrons. The number of carbonyl (C=O) groups excluding carboxylic acids is 1. The summed E-state index contributed by atoms with van der Waals surface area (Å²) in [5.74, 6) is -1.37. The van der Waals surface area contributed by atoms with Crippen LogP contribution in [0.5, 0.6) is 0 Å². The second-order valence-electron chi connectivity index (χ2n) is 8.78.